The molecule has 0 fully saturated rings. The van der Waals surface area contributed by atoms with Gasteiger partial charge in [0.1, 0.15) is 5.75 Å². The highest BCUT2D eigenvalue weighted by Gasteiger charge is 2.14. The zero-order valence-corrected chi connectivity index (χ0v) is 12.9. The summed E-state index contributed by atoms with van der Waals surface area (Å²) in [5, 5.41) is 11.1. The Bertz CT molecular complexity index is 858. The van der Waals surface area contributed by atoms with Gasteiger partial charge in [-0.1, -0.05) is 23.7 Å². The van der Waals surface area contributed by atoms with Gasteiger partial charge < -0.3 is 10.1 Å². The molecule has 1 amide bonds. The SMILES string of the molecule is COc1cc(Cl)c(C)cc1NC(=O)c1cccc2cn[nH]c12. The monoisotopic (exact) mass is 315 g/mol. The summed E-state index contributed by atoms with van der Waals surface area (Å²) in [7, 11) is 1.53. The van der Waals surface area contributed by atoms with Gasteiger partial charge in [0.25, 0.3) is 5.91 Å². The summed E-state index contributed by atoms with van der Waals surface area (Å²) in [4.78, 5) is 12.5. The summed E-state index contributed by atoms with van der Waals surface area (Å²) in [6.07, 6.45) is 1.68. The summed E-state index contributed by atoms with van der Waals surface area (Å²) >= 11 is 6.08. The minimum Gasteiger partial charge on any atom is -0.495 e. The number of hydrogen-bond donors (Lipinski definition) is 2. The third kappa shape index (κ3) is 2.51. The van der Waals surface area contributed by atoms with E-state index in [9.17, 15) is 4.79 Å². The number of nitrogens with zero attached hydrogens (tertiary/aromatic N) is 1. The summed E-state index contributed by atoms with van der Waals surface area (Å²) in [6, 6.07) is 8.92. The summed E-state index contributed by atoms with van der Waals surface area (Å²) in [5.74, 6) is 0.274. The van der Waals surface area contributed by atoms with E-state index in [0.29, 0.717) is 27.5 Å². The molecule has 0 spiro atoms. The number of carbonyl (C=O) groups is 1. The fourth-order valence-corrected chi connectivity index (χ4v) is 2.43. The van der Waals surface area contributed by atoms with E-state index in [1.165, 1.54) is 7.11 Å². The van der Waals surface area contributed by atoms with E-state index >= 15 is 0 Å². The number of para-hydroxylation sites is 1. The van der Waals surface area contributed by atoms with Gasteiger partial charge in [-0.3, -0.25) is 9.89 Å². The number of aryl methyl sites for hydroxylation is 1. The van der Waals surface area contributed by atoms with Crippen LogP contribution < -0.4 is 10.1 Å². The van der Waals surface area contributed by atoms with Crippen LogP contribution in [0.2, 0.25) is 5.02 Å². The van der Waals surface area contributed by atoms with Gasteiger partial charge in [-0.05, 0) is 24.6 Å². The highest BCUT2D eigenvalue weighted by atomic mass is 35.5. The Kier molecular flexibility index (Phi) is 3.73. The third-order valence-electron chi connectivity index (χ3n) is 3.45. The fourth-order valence-electron chi connectivity index (χ4n) is 2.28. The van der Waals surface area contributed by atoms with Crippen molar-refractivity contribution < 1.29 is 9.53 Å². The van der Waals surface area contributed by atoms with Crippen molar-refractivity contribution in [3.05, 3.63) is 52.7 Å². The van der Waals surface area contributed by atoms with Crippen LogP contribution in [-0.4, -0.2) is 23.2 Å². The Morgan fingerprint density at radius 3 is 2.95 bits per heavy atom. The average Bonchev–Trinajstić information content (AvgIpc) is 2.98. The molecule has 3 rings (SSSR count). The number of halogens is 1. The second-order valence-electron chi connectivity index (χ2n) is 4.90. The first-order chi connectivity index (χ1) is 10.6. The lowest BCUT2D eigenvalue weighted by Gasteiger charge is -2.12. The largest absolute Gasteiger partial charge is 0.495 e. The van der Waals surface area contributed by atoms with E-state index in [4.69, 9.17) is 16.3 Å². The Labute approximate surface area is 132 Å². The number of anilines is 1. The van der Waals surface area contributed by atoms with Crippen molar-refractivity contribution in [2.45, 2.75) is 6.92 Å². The number of benzene rings is 2. The van der Waals surface area contributed by atoms with E-state index in [1.807, 2.05) is 19.1 Å². The molecule has 0 aliphatic carbocycles. The molecule has 0 atom stereocenters. The summed E-state index contributed by atoms with van der Waals surface area (Å²) in [6.45, 7) is 1.87. The maximum atomic E-state index is 12.5. The van der Waals surface area contributed by atoms with Crippen LogP contribution >= 0.6 is 11.6 Å². The van der Waals surface area contributed by atoms with Crippen LogP contribution in [0.5, 0.6) is 5.75 Å². The minimum atomic E-state index is -0.241. The first-order valence-electron chi connectivity index (χ1n) is 6.67. The van der Waals surface area contributed by atoms with E-state index in [-0.39, 0.29) is 5.91 Å². The van der Waals surface area contributed by atoms with Crippen molar-refractivity contribution in [3.63, 3.8) is 0 Å². The van der Waals surface area contributed by atoms with Gasteiger partial charge in [-0.15, -0.1) is 0 Å². The molecule has 1 heterocycles. The molecule has 6 heteroatoms. The van der Waals surface area contributed by atoms with Crippen molar-refractivity contribution in [3.8, 4) is 5.75 Å². The topological polar surface area (TPSA) is 67.0 Å². The molecule has 0 saturated carbocycles. The van der Waals surface area contributed by atoms with E-state index in [0.717, 1.165) is 10.9 Å². The van der Waals surface area contributed by atoms with Crippen LogP contribution in [-0.2, 0) is 0 Å². The molecule has 22 heavy (non-hydrogen) atoms. The molecular formula is C16H14ClN3O2. The molecule has 0 radical (unpaired) electrons. The lowest BCUT2D eigenvalue weighted by atomic mass is 10.1. The molecule has 0 bridgehead atoms. The Morgan fingerprint density at radius 2 is 2.18 bits per heavy atom. The summed E-state index contributed by atoms with van der Waals surface area (Å²) in [5.41, 5.74) is 2.65. The maximum absolute atomic E-state index is 12.5. The van der Waals surface area contributed by atoms with Gasteiger partial charge >= 0.3 is 0 Å². The fraction of sp³-hybridized carbons (Fsp3) is 0.125. The molecule has 0 saturated heterocycles. The van der Waals surface area contributed by atoms with Gasteiger partial charge in [0.2, 0.25) is 0 Å². The molecular weight excluding hydrogens is 302 g/mol. The number of amides is 1. The number of aromatic amines is 1. The lowest BCUT2D eigenvalue weighted by molar-refractivity contribution is 0.102. The van der Waals surface area contributed by atoms with E-state index in [1.54, 1.807) is 24.4 Å². The van der Waals surface area contributed by atoms with Crippen molar-refractivity contribution in [1.29, 1.82) is 0 Å². The second kappa shape index (κ2) is 5.69. The number of rotatable bonds is 3. The second-order valence-corrected chi connectivity index (χ2v) is 5.30. The van der Waals surface area contributed by atoms with Crippen molar-refractivity contribution in [2.24, 2.45) is 0 Å². The van der Waals surface area contributed by atoms with Gasteiger partial charge in [-0.25, -0.2) is 0 Å². The van der Waals surface area contributed by atoms with E-state index < -0.39 is 0 Å². The zero-order chi connectivity index (χ0) is 15.7. The molecule has 3 aromatic rings. The molecule has 2 N–H and O–H groups in total. The molecule has 0 aliphatic rings. The van der Waals surface area contributed by atoms with Gasteiger partial charge in [0.05, 0.1) is 30.1 Å². The van der Waals surface area contributed by atoms with Gasteiger partial charge in [0, 0.05) is 16.5 Å². The lowest BCUT2D eigenvalue weighted by Crippen LogP contribution is -2.13. The molecule has 5 nitrogen and oxygen atoms in total. The van der Waals surface area contributed by atoms with Crippen LogP contribution in [0.4, 0.5) is 5.69 Å². The average molecular weight is 316 g/mol. The maximum Gasteiger partial charge on any atom is 0.257 e. The number of H-pyrrole nitrogens is 1. The smallest absolute Gasteiger partial charge is 0.257 e. The van der Waals surface area contributed by atoms with Crippen LogP contribution in [0.25, 0.3) is 10.9 Å². The van der Waals surface area contributed by atoms with Crippen molar-refractivity contribution in [2.75, 3.05) is 12.4 Å². The Morgan fingerprint density at radius 1 is 1.36 bits per heavy atom. The first-order valence-corrected chi connectivity index (χ1v) is 7.05. The van der Waals surface area contributed by atoms with Crippen LogP contribution in [0, 0.1) is 6.92 Å². The van der Waals surface area contributed by atoms with E-state index in [2.05, 4.69) is 15.5 Å². The normalized spacial score (nSPS) is 10.7. The number of nitrogens with one attached hydrogen (secondary N) is 2. The molecule has 0 unspecified atom stereocenters. The number of carbonyl (C=O) groups excluding carboxylic acids is 1. The predicted octanol–water partition coefficient (Wildman–Crippen LogP) is 3.79. The first kappa shape index (κ1) is 14.4. The van der Waals surface area contributed by atoms with Crippen molar-refractivity contribution >= 4 is 34.1 Å². The minimum absolute atomic E-state index is 0.241. The van der Waals surface area contributed by atoms with Crippen LogP contribution in [0.15, 0.2) is 36.5 Å². The zero-order valence-electron chi connectivity index (χ0n) is 12.1. The number of ether oxygens (including phenoxy) is 1. The van der Waals surface area contributed by atoms with Crippen molar-refractivity contribution in [1.82, 2.24) is 10.2 Å². The third-order valence-corrected chi connectivity index (χ3v) is 3.86. The van der Waals surface area contributed by atoms with Gasteiger partial charge in [-0.2, -0.15) is 5.10 Å². The molecule has 2 aromatic carbocycles. The quantitative estimate of drug-likeness (QED) is 0.773. The van der Waals surface area contributed by atoms with Crippen LogP contribution in [0.1, 0.15) is 15.9 Å². The number of aromatic nitrogens is 2. The number of hydrogen-bond acceptors (Lipinski definition) is 3. The highest BCUT2D eigenvalue weighted by molar-refractivity contribution is 6.31. The number of fused-ring (bicyclic) bond motifs is 1. The predicted molar refractivity (Wildman–Crippen MR) is 86.8 cm³/mol. The standard InChI is InChI=1S/C16H14ClN3O2/c1-9-6-13(14(22-2)7-12(9)17)19-16(21)11-5-3-4-10-8-18-20-15(10)11/h3-8H,1-2H3,(H,18,20)(H,19,21). The molecule has 112 valence electrons. The summed E-state index contributed by atoms with van der Waals surface area (Å²) < 4.78 is 5.27. The molecule has 1 aromatic heterocycles. The Balaban J connectivity index is 1.98. The molecule has 0 aliphatic heterocycles. The highest BCUT2D eigenvalue weighted by Crippen LogP contribution is 2.31. The van der Waals surface area contributed by atoms with Crippen LogP contribution in [0.3, 0.4) is 0 Å². The van der Waals surface area contributed by atoms with Gasteiger partial charge in [0.15, 0.2) is 0 Å². The Hall–Kier alpha value is -2.53. The number of methoxy groups -OCH3 is 1.